The van der Waals surface area contributed by atoms with Crippen molar-refractivity contribution in [3.63, 3.8) is 0 Å². The average molecular weight is 510 g/mol. The Bertz CT molecular complexity index is 966. The zero-order valence-electron chi connectivity index (χ0n) is 15.8. The van der Waals surface area contributed by atoms with Crippen LogP contribution in [-0.4, -0.2) is 71.5 Å². The SMILES string of the molecule is C=C(C)C(=O)OC(C)OCCC(F)(F)CS(=O)(=O)C(S(C)(=O)=O)S(=O)(=O)C(F)(F)F. The summed E-state index contributed by atoms with van der Waals surface area (Å²) in [5, 5.41) is 0. The number of hydrogen-bond donors (Lipinski definition) is 0. The molecule has 0 saturated carbocycles. The Kier molecular flexibility index (Phi) is 9.02. The third-order valence-electron chi connectivity index (χ3n) is 3.07. The highest BCUT2D eigenvalue weighted by Gasteiger charge is 2.61. The van der Waals surface area contributed by atoms with Gasteiger partial charge in [-0.15, -0.1) is 0 Å². The van der Waals surface area contributed by atoms with Crippen molar-refractivity contribution in [3.8, 4) is 0 Å². The van der Waals surface area contributed by atoms with Gasteiger partial charge in [-0.3, -0.25) is 0 Å². The molecule has 0 aromatic heterocycles. The van der Waals surface area contributed by atoms with Crippen molar-refractivity contribution < 1.29 is 61.5 Å². The van der Waals surface area contributed by atoms with Crippen molar-refractivity contribution >= 4 is 35.5 Å². The lowest BCUT2D eigenvalue weighted by molar-refractivity contribution is -0.172. The van der Waals surface area contributed by atoms with Crippen LogP contribution in [0.15, 0.2) is 12.2 Å². The molecule has 0 radical (unpaired) electrons. The Morgan fingerprint density at radius 1 is 1.03 bits per heavy atom. The maximum atomic E-state index is 13.9. The number of halogens is 5. The van der Waals surface area contributed by atoms with Gasteiger partial charge in [-0.25, -0.2) is 38.8 Å². The first-order valence-corrected chi connectivity index (χ1v) is 12.8. The van der Waals surface area contributed by atoms with Crippen LogP contribution in [-0.2, 0) is 43.8 Å². The van der Waals surface area contributed by atoms with E-state index in [9.17, 15) is 52.0 Å². The number of alkyl halides is 5. The molecule has 0 spiro atoms. The fourth-order valence-corrected chi connectivity index (χ4v) is 9.56. The third kappa shape index (κ3) is 8.07. The predicted octanol–water partition coefficient (Wildman–Crippen LogP) is 1.17. The zero-order valence-corrected chi connectivity index (χ0v) is 18.2. The molecule has 0 fully saturated rings. The van der Waals surface area contributed by atoms with Gasteiger partial charge in [0.05, 0.1) is 6.61 Å². The van der Waals surface area contributed by atoms with Crippen molar-refractivity contribution in [3.05, 3.63) is 12.2 Å². The van der Waals surface area contributed by atoms with Crippen LogP contribution in [0.5, 0.6) is 0 Å². The molecule has 0 aliphatic carbocycles. The molecule has 0 aromatic rings. The summed E-state index contributed by atoms with van der Waals surface area (Å²) in [5.41, 5.74) is -6.37. The fourth-order valence-electron chi connectivity index (χ4n) is 1.89. The number of hydrogen-bond acceptors (Lipinski definition) is 9. The molecule has 17 heteroatoms. The van der Waals surface area contributed by atoms with E-state index in [4.69, 9.17) is 0 Å². The van der Waals surface area contributed by atoms with Crippen LogP contribution in [0.1, 0.15) is 20.3 Å². The topological polar surface area (TPSA) is 138 Å². The van der Waals surface area contributed by atoms with Crippen molar-refractivity contribution in [1.82, 2.24) is 0 Å². The van der Waals surface area contributed by atoms with Crippen LogP contribution in [0.4, 0.5) is 22.0 Å². The number of carbonyl (C=O) groups excluding carboxylic acids is 1. The summed E-state index contributed by atoms with van der Waals surface area (Å²) < 4.78 is 141. The molecule has 0 N–H and O–H groups in total. The Morgan fingerprint density at radius 2 is 1.50 bits per heavy atom. The molecule has 0 amide bonds. The smallest absolute Gasteiger partial charge is 0.433 e. The number of carbonyl (C=O) groups is 1. The Morgan fingerprint density at radius 3 is 1.87 bits per heavy atom. The largest absolute Gasteiger partial charge is 0.499 e. The highest BCUT2D eigenvalue weighted by molar-refractivity contribution is 8.24. The summed E-state index contributed by atoms with van der Waals surface area (Å²) in [5.74, 6) is -7.82. The van der Waals surface area contributed by atoms with E-state index in [1.807, 2.05) is 0 Å². The van der Waals surface area contributed by atoms with Gasteiger partial charge in [-0.2, -0.15) is 13.2 Å². The number of sulfone groups is 3. The van der Waals surface area contributed by atoms with Gasteiger partial charge >= 0.3 is 11.5 Å². The van der Waals surface area contributed by atoms with E-state index in [0.717, 1.165) is 6.92 Å². The van der Waals surface area contributed by atoms with Gasteiger partial charge in [0, 0.05) is 18.2 Å². The van der Waals surface area contributed by atoms with E-state index in [2.05, 4.69) is 16.1 Å². The van der Waals surface area contributed by atoms with Gasteiger partial charge in [0.25, 0.3) is 19.7 Å². The third-order valence-corrected chi connectivity index (χ3v) is 11.7. The lowest BCUT2D eigenvalue weighted by Gasteiger charge is -2.22. The van der Waals surface area contributed by atoms with Gasteiger partial charge in [-0.1, -0.05) is 6.58 Å². The predicted molar refractivity (Wildman–Crippen MR) is 93.3 cm³/mol. The van der Waals surface area contributed by atoms with Crippen LogP contribution in [0.3, 0.4) is 0 Å². The highest BCUT2D eigenvalue weighted by Crippen LogP contribution is 2.34. The monoisotopic (exact) mass is 510 g/mol. The Hall–Kier alpha value is -1.33. The van der Waals surface area contributed by atoms with E-state index >= 15 is 0 Å². The first-order valence-electron chi connectivity index (χ1n) is 7.61. The minimum absolute atomic E-state index is 0.0421. The van der Waals surface area contributed by atoms with Gasteiger partial charge < -0.3 is 9.47 Å². The molecule has 9 nitrogen and oxygen atoms in total. The number of esters is 1. The van der Waals surface area contributed by atoms with Crippen LogP contribution in [0, 0.1) is 0 Å². The van der Waals surface area contributed by atoms with E-state index in [-0.39, 0.29) is 11.8 Å². The van der Waals surface area contributed by atoms with Crippen molar-refractivity contribution in [2.45, 2.75) is 41.9 Å². The highest BCUT2D eigenvalue weighted by atomic mass is 32.3. The molecule has 0 heterocycles. The molecule has 0 rings (SSSR count). The molecule has 0 aliphatic rings. The molecular formula is C13H19F5O9S3. The van der Waals surface area contributed by atoms with E-state index in [0.29, 0.717) is 0 Å². The van der Waals surface area contributed by atoms with Crippen molar-refractivity contribution in [2.75, 3.05) is 18.6 Å². The first-order chi connectivity index (χ1) is 13.0. The second kappa shape index (κ2) is 9.44. The summed E-state index contributed by atoms with van der Waals surface area (Å²) in [7, 11) is -18.5. The van der Waals surface area contributed by atoms with Crippen molar-refractivity contribution in [2.24, 2.45) is 0 Å². The Balaban J connectivity index is 5.48. The van der Waals surface area contributed by atoms with Crippen LogP contribution in [0.2, 0.25) is 0 Å². The number of rotatable bonds is 11. The minimum Gasteiger partial charge on any atom is -0.433 e. The second-order valence-corrected chi connectivity index (χ2v) is 13.3. The summed E-state index contributed by atoms with van der Waals surface area (Å²) in [4.78, 5) is 11.2. The summed E-state index contributed by atoms with van der Waals surface area (Å²) in [6.45, 7) is 4.67. The van der Waals surface area contributed by atoms with E-state index in [1.54, 1.807) is 0 Å². The molecule has 0 saturated heterocycles. The molecular weight excluding hydrogens is 491 g/mol. The van der Waals surface area contributed by atoms with Crippen LogP contribution < -0.4 is 0 Å². The average Bonchev–Trinajstić information content (AvgIpc) is 2.41. The van der Waals surface area contributed by atoms with Gasteiger partial charge in [0.1, 0.15) is 5.75 Å². The number of ether oxygens (including phenoxy) is 2. The summed E-state index contributed by atoms with van der Waals surface area (Å²) in [6.07, 6.45) is -2.99. The van der Waals surface area contributed by atoms with Gasteiger partial charge in [0.2, 0.25) is 0 Å². The lowest BCUT2D eigenvalue weighted by atomic mass is 10.3. The van der Waals surface area contributed by atoms with Crippen LogP contribution >= 0.6 is 0 Å². The Labute approximate surface area is 170 Å². The standard InChI is InChI=1S/C13H19F5O9S3/c1-8(2)10(19)27-9(3)26-6-5-12(14,15)7-29(22,23)11(28(4,20)21)30(24,25)13(16,17)18/h9,11H,1,5-7H2,2-4H3. The summed E-state index contributed by atoms with van der Waals surface area (Å²) >= 11 is 0. The molecule has 0 aliphatic heterocycles. The fraction of sp³-hybridized carbons (Fsp3) is 0.769. The van der Waals surface area contributed by atoms with Crippen LogP contribution in [0.25, 0.3) is 0 Å². The van der Waals surface area contributed by atoms with Crippen molar-refractivity contribution in [1.29, 1.82) is 0 Å². The van der Waals surface area contributed by atoms with E-state index < -0.39 is 75.9 Å². The minimum atomic E-state index is -6.89. The molecule has 178 valence electrons. The first kappa shape index (κ1) is 28.7. The maximum Gasteiger partial charge on any atom is 0.499 e. The normalized spacial score (nSPS) is 16.0. The van der Waals surface area contributed by atoms with Gasteiger partial charge in [-0.05, 0) is 13.8 Å². The quantitative estimate of drug-likeness (QED) is 0.174. The lowest BCUT2D eigenvalue weighted by Crippen LogP contribution is -2.47. The second-order valence-electron chi connectivity index (χ2n) is 6.15. The molecule has 2 atom stereocenters. The van der Waals surface area contributed by atoms with E-state index in [1.165, 1.54) is 6.92 Å². The summed E-state index contributed by atoms with van der Waals surface area (Å²) in [6, 6.07) is 0. The zero-order chi connectivity index (χ0) is 24.3. The molecule has 30 heavy (non-hydrogen) atoms. The molecule has 0 aromatic carbocycles. The molecule has 2 unspecified atom stereocenters. The maximum absolute atomic E-state index is 13.9. The van der Waals surface area contributed by atoms with Gasteiger partial charge in [0.15, 0.2) is 26.0 Å². The molecule has 0 bridgehead atoms.